The second-order valence-corrected chi connectivity index (χ2v) is 6.54. The van der Waals surface area contributed by atoms with E-state index in [1.165, 1.54) is 6.07 Å². The van der Waals surface area contributed by atoms with E-state index in [2.05, 4.69) is 21.2 Å². The molecule has 2 heterocycles. The number of carbonyl (C=O) groups is 2. The van der Waals surface area contributed by atoms with Gasteiger partial charge in [-0.25, -0.2) is 9.18 Å². The number of alkyl carbamates (subject to hydrolysis) is 1. The third kappa shape index (κ3) is 2.10. The Kier molecular flexibility index (Phi) is 3.20. The topological polar surface area (TPSA) is 64.6 Å². The molecular weight excluding hydrogens is 345 g/mol. The van der Waals surface area contributed by atoms with Crippen molar-refractivity contribution in [3.05, 3.63) is 34.1 Å². The van der Waals surface area contributed by atoms with Gasteiger partial charge in [0.1, 0.15) is 24.6 Å². The number of cyclic esters (lactones) is 2. The quantitative estimate of drug-likeness (QED) is 0.784. The number of benzene rings is 1. The van der Waals surface area contributed by atoms with Crippen LogP contribution < -0.4 is 5.32 Å². The molecule has 7 heteroatoms. The highest BCUT2D eigenvalue weighted by atomic mass is 79.9. The highest BCUT2D eigenvalue weighted by molar-refractivity contribution is 9.10. The molecule has 112 valence electrons. The minimum atomic E-state index is -1.13. The standard InChI is InChI=1S/C14H13BrFNO4/c1-13-5-11(18)20-7-14(13,17-12(19)21-6-13)9-4-8(15)2-3-10(9)16/h2-4H,5-7H2,1H3,(H,17,19)/t13-,14+/m0/s1. The van der Waals surface area contributed by atoms with Gasteiger partial charge in [-0.05, 0) is 18.2 Å². The summed E-state index contributed by atoms with van der Waals surface area (Å²) in [6, 6.07) is 4.48. The summed E-state index contributed by atoms with van der Waals surface area (Å²) in [5.41, 5.74) is -1.63. The van der Waals surface area contributed by atoms with E-state index < -0.39 is 22.9 Å². The molecule has 2 aliphatic heterocycles. The van der Waals surface area contributed by atoms with E-state index in [0.717, 1.165) is 0 Å². The van der Waals surface area contributed by atoms with Crippen molar-refractivity contribution in [3.63, 3.8) is 0 Å². The number of rotatable bonds is 1. The predicted octanol–water partition coefficient (Wildman–Crippen LogP) is 2.48. The molecular formula is C14H13BrFNO4. The Balaban J connectivity index is 2.19. The van der Waals surface area contributed by atoms with Crippen LogP contribution in [0.5, 0.6) is 0 Å². The molecule has 5 nitrogen and oxygen atoms in total. The average molecular weight is 358 g/mol. The molecule has 2 aliphatic rings. The minimum absolute atomic E-state index is 0.0277. The lowest BCUT2D eigenvalue weighted by Crippen LogP contribution is -2.67. The van der Waals surface area contributed by atoms with Crippen LogP contribution in [0.1, 0.15) is 18.9 Å². The van der Waals surface area contributed by atoms with Crippen molar-refractivity contribution in [1.82, 2.24) is 5.32 Å². The molecule has 1 aromatic carbocycles. The summed E-state index contributed by atoms with van der Waals surface area (Å²) in [7, 11) is 0. The maximum absolute atomic E-state index is 14.4. The molecule has 0 bridgehead atoms. The van der Waals surface area contributed by atoms with Crippen molar-refractivity contribution in [2.75, 3.05) is 13.2 Å². The third-order valence-corrected chi connectivity index (χ3v) is 4.73. The van der Waals surface area contributed by atoms with Crippen molar-refractivity contribution in [2.45, 2.75) is 18.9 Å². The van der Waals surface area contributed by atoms with Crippen LogP contribution >= 0.6 is 15.9 Å². The molecule has 0 radical (unpaired) electrons. The van der Waals surface area contributed by atoms with E-state index >= 15 is 0 Å². The third-order valence-electron chi connectivity index (χ3n) is 4.24. The molecule has 0 aromatic heterocycles. The fraction of sp³-hybridized carbons (Fsp3) is 0.429. The van der Waals surface area contributed by atoms with Gasteiger partial charge >= 0.3 is 12.1 Å². The molecule has 0 saturated carbocycles. The molecule has 1 amide bonds. The second-order valence-electron chi connectivity index (χ2n) is 5.63. The van der Waals surface area contributed by atoms with Crippen LogP contribution in [0.4, 0.5) is 9.18 Å². The number of carbonyl (C=O) groups excluding carboxylic acids is 2. The summed E-state index contributed by atoms with van der Waals surface area (Å²) in [6.07, 6.45) is -0.607. The van der Waals surface area contributed by atoms with Gasteiger partial charge < -0.3 is 14.8 Å². The largest absolute Gasteiger partial charge is 0.463 e. The zero-order valence-electron chi connectivity index (χ0n) is 11.2. The molecule has 0 unspecified atom stereocenters. The normalized spacial score (nSPS) is 31.8. The van der Waals surface area contributed by atoms with E-state index in [0.29, 0.717) is 4.47 Å². The molecule has 0 aliphatic carbocycles. The Morgan fingerprint density at radius 2 is 2.05 bits per heavy atom. The van der Waals surface area contributed by atoms with Crippen LogP contribution in [-0.2, 0) is 19.8 Å². The van der Waals surface area contributed by atoms with Crippen molar-refractivity contribution < 1.29 is 23.5 Å². The van der Waals surface area contributed by atoms with Crippen LogP contribution in [0.2, 0.25) is 0 Å². The first-order chi connectivity index (χ1) is 9.86. The van der Waals surface area contributed by atoms with Gasteiger partial charge in [-0.1, -0.05) is 22.9 Å². The molecule has 3 rings (SSSR count). The minimum Gasteiger partial charge on any atom is -0.463 e. The molecule has 21 heavy (non-hydrogen) atoms. The summed E-state index contributed by atoms with van der Waals surface area (Å²) < 4.78 is 25.2. The number of hydrogen-bond acceptors (Lipinski definition) is 4. The highest BCUT2D eigenvalue weighted by Crippen LogP contribution is 2.49. The fourth-order valence-electron chi connectivity index (χ4n) is 2.97. The lowest BCUT2D eigenvalue weighted by Gasteiger charge is -2.52. The zero-order valence-corrected chi connectivity index (χ0v) is 12.8. The van der Waals surface area contributed by atoms with Crippen LogP contribution in [0.3, 0.4) is 0 Å². The fourth-order valence-corrected chi connectivity index (χ4v) is 3.34. The van der Waals surface area contributed by atoms with E-state index in [-0.39, 0.29) is 31.2 Å². The van der Waals surface area contributed by atoms with Gasteiger partial charge in [0.15, 0.2) is 0 Å². The van der Waals surface area contributed by atoms with Crippen molar-refractivity contribution in [1.29, 1.82) is 0 Å². The number of hydrogen-bond donors (Lipinski definition) is 1. The lowest BCUT2D eigenvalue weighted by molar-refractivity contribution is -0.171. The number of fused-ring (bicyclic) bond motifs is 1. The predicted molar refractivity (Wildman–Crippen MR) is 73.9 cm³/mol. The smallest absolute Gasteiger partial charge is 0.407 e. The molecule has 0 spiro atoms. The van der Waals surface area contributed by atoms with Crippen molar-refractivity contribution in [2.24, 2.45) is 5.41 Å². The van der Waals surface area contributed by atoms with Crippen LogP contribution in [0.15, 0.2) is 22.7 Å². The molecule has 1 N–H and O–H groups in total. The van der Waals surface area contributed by atoms with E-state index in [1.807, 2.05) is 0 Å². The summed E-state index contributed by atoms with van der Waals surface area (Å²) in [5, 5.41) is 2.68. The first-order valence-corrected chi connectivity index (χ1v) is 7.22. The van der Waals surface area contributed by atoms with Crippen molar-refractivity contribution in [3.8, 4) is 0 Å². The summed E-state index contributed by atoms with van der Waals surface area (Å²) in [4.78, 5) is 23.3. The molecule has 2 saturated heterocycles. The Bertz CT molecular complexity index is 637. The molecule has 2 atom stereocenters. The Morgan fingerprint density at radius 1 is 1.29 bits per heavy atom. The highest BCUT2D eigenvalue weighted by Gasteiger charge is 2.59. The zero-order chi connectivity index (χ0) is 15.3. The number of nitrogens with one attached hydrogen (secondary N) is 1. The number of amides is 1. The SMILES string of the molecule is C[C@]12COC(=O)N[C@@]1(c1cc(Br)ccc1F)COC(=O)C2. The van der Waals surface area contributed by atoms with Crippen LogP contribution in [-0.4, -0.2) is 25.3 Å². The number of esters is 1. The van der Waals surface area contributed by atoms with E-state index in [1.54, 1.807) is 19.1 Å². The first-order valence-electron chi connectivity index (χ1n) is 6.42. The van der Waals surface area contributed by atoms with Gasteiger partial charge in [-0.15, -0.1) is 0 Å². The summed E-state index contributed by atoms with van der Waals surface area (Å²) in [5.74, 6) is -0.854. The number of halogens is 2. The van der Waals surface area contributed by atoms with Gasteiger partial charge in [-0.3, -0.25) is 4.79 Å². The first kappa shape index (κ1) is 14.3. The Labute approximate surface area is 128 Å². The molecule has 2 fully saturated rings. The van der Waals surface area contributed by atoms with Crippen LogP contribution in [0, 0.1) is 11.2 Å². The van der Waals surface area contributed by atoms with Crippen LogP contribution in [0.25, 0.3) is 0 Å². The maximum atomic E-state index is 14.4. The van der Waals surface area contributed by atoms with Gasteiger partial charge in [0, 0.05) is 15.5 Å². The van der Waals surface area contributed by atoms with Gasteiger partial charge in [0.05, 0.1) is 6.42 Å². The van der Waals surface area contributed by atoms with Crippen molar-refractivity contribution >= 4 is 28.0 Å². The monoisotopic (exact) mass is 357 g/mol. The summed E-state index contributed by atoms with van der Waals surface area (Å²) in [6.45, 7) is 1.69. The van der Waals surface area contributed by atoms with E-state index in [4.69, 9.17) is 9.47 Å². The van der Waals surface area contributed by atoms with Gasteiger partial charge in [-0.2, -0.15) is 0 Å². The number of ether oxygens (including phenoxy) is 2. The maximum Gasteiger partial charge on any atom is 0.407 e. The molecule has 1 aromatic rings. The van der Waals surface area contributed by atoms with Gasteiger partial charge in [0.2, 0.25) is 0 Å². The Morgan fingerprint density at radius 3 is 2.81 bits per heavy atom. The van der Waals surface area contributed by atoms with E-state index in [9.17, 15) is 14.0 Å². The van der Waals surface area contributed by atoms with Gasteiger partial charge in [0.25, 0.3) is 0 Å². The average Bonchev–Trinajstić information content (AvgIpc) is 2.42. The lowest BCUT2D eigenvalue weighted by atomic mass is 9.64. The second kappa shape index (κ2) is 4.69. The summed E-state index contributed by atoms with van der Waals surface area (Å²) >= 11 is 3.30. The Hall–Kier alpha value is -1.63.